The Hall–Kier alpha value is -3.02. The summed E-state index contributed by atoms with van der Waals surface area (Å²) >= 11 is 0. The Morgan fingerprint density at radius 1 is 1.19 bits per heavy atom. The highest BCUT2D eigenvalue weighted by Crippen LogP contribution is 2.22. The number of pyridine rings is 1. The van der Waals surface area contributed by atoms with Crippen molar-refractivity contribution in [1.82, 2.24) is 19.9 Å². The molecule has 2 aromatic heterocycles. The number of para-hydroxylation sites is 2. The summed E-state index contributed by atoms with van der Waals surface area (Å²) in [6, 6.07) is 13.2. The van der Waals surface area contributed by atoms with E-state index in [1.165, 1.54) is 0 Å². The van der Waals surface area contributed by atoms with Gasteiger partial charge in [0.15, 0.2) is 5.69 Å². The fourth-order valence-electron chi connectivity index (χ4n) is 3.58. The zero-order valence-corrected chi connectivity index (χ0v) is 14.6. The first-order valence-electron chi connectivity index (χ1n) is 8.84. The molecule has 6 heteroatoms. The van der Waals surface area contributed by atoms with Crippen molar-refractivity contribution in [3.05, 3.63) is 69.9 Å². The molecule has 1 saturated heterocycles. The minimum atomic E-state index is -0.437. The molecule has 3 heterocycles. The highest BCUT2D eigenvalue weighted by Gasteiger charge is 2.32. The van der Waals surface area contributed by atoms with Crippen LogP contribution in [0, 0.1) is 6.92 Å². The van der Waals surface area contributed by atoms with Gasteiger partial charge in [-0.1, -0.05) is 18.2 Å². The van der Waals surface area contributed by atoms with Crippen molar-refractivity contribution in [3.63, 3.8) is 0 Å². The van der Waals surface area contributed by atoms with Crippen molar-refractivity contribution < 1.29 is 4.79 Å². The number of nitrogens with zero attached hydrogens (tertiary/aromatic N) is 3. The number of aromatic amines is 1. The predicted octanol–water partition coefficient (Wildman–Crippen LogP) is 2.47. The van der Waals surface area contributed by atoms with Crippen LogP contribution >= 0.6 is 0 Å². The number of likely N-dealkylation sites (tertiary alicyclic amines) is 1. The number of hydrogen-bond acceptors (Lipinski definition) is 4. The average Bonchev–Trinajstić information content (AvgIpc) is 3.08. The molecule has 6 nitrogen and oxygen atoms in total. The van der Waals surface area contributed by atoms with E-state index in [0.717, 1.165) is 24.2 Å². The molecule has 0 saturated carbocycles. The van der Waals surface area contributed by atoms with Gasteiger partial charge in [-0.15, -0.1) is 0 Å². The van der Waals surface area contributed by atoms with Crippen LogP contribution in [0.2, 0.25) is 0 Å². The SMILES string of the molecule is Cc1cccc(CC2CCCN2C(=O)c2nc3ccccc3[nH]c2=O)n1. The number of carbonyl (C=O) groups is 1. The van der Waals surface area contributed by atoms with E-state index >= 15 is 0 Å². The van der Waals surface area contributed by atoms with Crippen molar-refractivity contribution in [2.24, 2.45) is 0 Å². The van der Waals surface area contributed by atoms with Gasteiger partial charge in [-0.25, -0.2) is 4.98 Å². The van der Waals surface area contributed by atoms with Crippen LogP contribution in [0.25, 0.3) is 11.0 Å². The number of carbonyl (C=O) groups excluding carboxylic acids is 1. The highest BCUT2D eigenvalue weighted by molar-refractivity contribution is 5.94. The molecule has 132 valence electrons. The van der Waals surface area contributed by atoms with Crippen LogP contribution < -0.4 is 5.56 Å². The summed E-state index contributed by atoms with van der Waals surface area (Å²) < 4.78 is 0. The van der Waals surface area contributed by atoms with Crippen molar-refractivity contribution >= 4 is 16.9 Å². The van der Waals surface area contributed by atoms with Crippen molar-refractivity contribution in [2.75, 3.05) is 6.54 Å². The second-order valence-corrected chi connectivity index (χ2v) is 6.70. The topological polar surface area (TPSA) is 79.0 Å². The fraction of sp³-hybridized carbons (Fsp3) is 0.300. The number of aryl methyl sites for hydroxylation is 1. The van der Waals surface area contributed by atoms with Crippen LogP contribution in [0.5, 0.6) is 0 Å². The number of amides is 1. The van der Waals surface area contributed by atoms with E-state index in [9.17, 15) is 9.59 Å². The molecule has 1 fully saturated rings. The lowest BCUT2D eigenvalue weighted by molar-refractivity contribution is 0.0728. The number of rotatable bonds is 3. The normalized spacial score (nSPS) is 17.0. The van der Waals surface area contributed by atoms with Gasteiger partial charge in [-0.3, -0.25) is 14.6 Å². The van der Waals surface area contributed by atoms with Gasteiger partial charge in [0.25, 0.3) is 11.5 Å². The largest absolute Gasteiger partial charge is 0.334 e. The van der Waals surface area contributed by atoms with Gasteiger partial charge in [-0.05, 0) is 44.0 Å². The maximum Gasteiger partial charge on any atom is 0.280 e. The molecule has 1 N–H and O–H groups in total. The van der Waals surface area contributed by atoms with Crippen molar-refractivity contribution in [1.29, 1.82) is 0 Å². The zero-order chi connectivity index (χ0) is 18.1. The molecule has 4 rings (SSSR count). The Labute approximate surface area is 150 Å². The number of nitrogens with one attached hydrogen (secondary N) is 1. The Bertz CT molecular complexity index is 1030. The van der Waals surface area contributed by atoms with E-state index in [1.807, 2.05) is 37.3 Å². The third kappa shape index (κ3) is 3.10. The first kappa shape index (κ1) is 16.4. The molecular weight excluding hydrogens is 328 g/mol. The van der Waals surface area contributed by atoms with Crippen LogP contribution in [-0.4, -0.2) is 38.3 Å². The van der Waals surface area contributed by atoms with E-state index in [0.29, 0.717) is 24.0 Å². The maximum atomic E-state index is 13.0. The number of H-pyrrole nitrogens is 1. The van der Waals surface area contributed by atoms with E-state index in [2.05, 4.69) is 15.0 Å². The number of hydrogen-bond donors (Lipinski definition) is 1. The summed E-state index contributed by atoms with van der Waals surface area (Å²) in [5.74, 6) is -0.299. The van der Waals surface area contributed by atoms with Gasteiger partial charge < -0.3 is 9.88 Å². The molecule has 0 spiro atoms. The second-order valence-electron chi connectivity index (χ2n) is 6.70. The third-order valence-electron chi connectivity index (χ3n) is 4.83. The Balaban J connectivity index is 1.62. The Kier molecular flexibility index (Phi) is 4.24. The van der Waals surface area contributed by atoms with Gasteiger partial charge >= 0.3 is 0 Å². The smallest absolute Gasteiger partial charge is 0.280 e. The molecule has 26 heavy (non-hydrogen) atoms. The molecule has 1 unspecified atom stereocenters. The summed E-state index contributed by atoms with van der Waals surface area (Å²) in [4.78, 5) is 38.8. The monoisotopic (exact) mass is 348 g/mol. The molecule has 1 aromatic carbocycles. The zero-order valence-electron chi connectivity index (χ0n) is 14.6. The van der Waals surface area contributed by atoms with Gasteiger partial charge in [0.1, 0.15) is 0 Å². The van der Waals surface area contributed by atoms with Crippen LogP contribution in [0.15, 0.2) is 47.3 Å². The standard InChI is InChI=1S/C20H20N4O2/c1-13-6-4-7-14(21-13)12-15-8-5-11-24(15)20(26)18-19(25)23-17-10-3-2-9-16(17)22-18/h2-4,6-7,9-10,15H,5,8,11-12H2,1H3,(H,23,25). The molecule has 1 atom stereocenters. The first-order valence-corrected chi connectivity index (χ1v) is 8.84. The number of aromatic nitrogens is 3. The molecule has 0 aliphatic carbocycles. The minimum absolute atomic E-state index is 0.0344. The van der Waals surface area contributed by atoms with E-state index in [4.69, 9.17) is 0 Å². The van der Waals surface area contributed by atoms with E-state index < -0.39 is 5.56 Å². The summed E-state index contributed by atoms with van der Waals surface area (Å²) in [5, 5.41) is 0. The molecule has 1 aliphatic rings. The van der Waals surface area contributed by atoms with E-state index in [-0.39, 0.29) is 17.6 Å². The van der Waals surface area contributed by atoms with Crippen LogP contribution in [0.4, 0.5) is 0 Å². The Morgan fingerprint density at radius 2 is 2.04 bits per heavy atom. The molecule has 1 aliphatic heterocycles. The Morgan fingerprint density at radius 3 is 2.88 bits per heavy atom. The second kappa shape index (κ2) is 6.71. The minimum Gasteiger partial charge on any atom is -0.334 e. The van der Waals surface area contributed by atoms with Crippen LogP contribution in [-0.2, 0) is 6.42 Å². The van der Waals surface area contributed by atoms with Crippen molar-refractivity contribution in [3.8, 4) is 0 Å². The van der Waals surface area contributed by atoms with Gasteiger partial charge in [0.2, 0.25) is 0 Å². The molecule has 1 amide bonds. The lowest BCUT2D eigenvalue weighted by Gasteiger charge is -2.24. The summed E-state index contributed by atoms with van der Waals surface area (Å²) in [6.07, 6.45) is 2.53. The highest BCUT2D eigenvalue weighted by atomic mass is 16.2. The quantitative estimate of drug-likeness (QED) is 0.789. The van der Waals surface area contributed by atoms with Gasteiger partial charge in [0.05, 0.1) is 11.0 Å². The lowest BCUT2D eigenvalue weighted by Crippen LogP contribution is -2.40. The average molecular weight is 348 g/mol. The summed E-state index contributed by atoms with van der Waals surface area (Å²) in [6.45, 7) is 2.60. The lowest BCUT2D eigenvalue weighted by atomic mass is 10.1. The summed E-state index contributed by atoms with van der Waals surface area (Å²) in [7, 11) is 0. The third-order valence-corrected chi connectivity index (χ3v) is 4.83. The van der Waals surface area contributed by atoms with Gasteiger partial charge in [0, 0.05) is 30.4 Å². The molecule has 3 aromatic rings. The van der Waals surface area contributed by atoms with E-state index in [1.54, 1.807) is 17.0 Å². The maximum absolute atomic E-state index is 13.0. The molecule has 0 bridgehead atoms. The number of fused-ring (bicyclic) bond motifs is 1. The van der Waals surface area contributed by atoms with Crippen molar-refractivity contribution in [2.45, 2.75) is 32.2 Å². The summed E-state index contributed by atoms with van der Waals surface area (Å²) in [5.41, 5.74) is 2.71. The molecule has 0 radical (unpaired) electrons. The molecular formula is C20H20N4O2. The first-order chi connectivity index (χ1) is 12.6. The van der Waals surface area contributed by atoms with Crippen LogP contribution in [0.1, 0.15) is 34.7 Å². The van der Waals surface area contributed by atoms with Crippen LogP contribution in [0.3, 0.4) is 0 Å². The predicted molar refractivity (Wildman–Crippen MR) is 99.1 cm³/mol. The number of benzene rings is 1. The fourth-order valence-corrected chi connectivity index (χ4v) is 3.58. The van der Waals surface area contributed by atoms with Gasteiger partial charge in [-0.2, -0.15) is 0 Å².